The van der Waals surface area contributed by atoms with E-state index in [0.717, 1.165) is 49.7 Å². The van der Waals surface area contributed by atoms with Crippen LogP contribution in [0.3, 0.4) is 0 Å². The number of anilines is 1. The number of carbonyl (C=O) groups is 1. The first-order chi connectivity index (χ1) is 15.8. The van der Waals surface area contributed by atoms with E-state index in [4.69, 9.17) is 5.73 Å². The van der Waals surface area contributed by atoms with Crippen LogP contribution in [0.25, 0.3) is 10.6 Å². The molecule has 0 radical (unpaired) electrons. The lowest BCUT2D eigenvalue weighted by molar-refractivity contribution is 0.102. The van der Waals surface area contributed by atoms with Crippen LogP contribution in [0.15, 0.2) is 36.4 Å². The third-order valence-corrected chi connectivity index (χ3v) is 6.74. The molecule has 3 aromatic rings. The molecule has 1 aliphatic heterocycles. The van der Waals surface area contributed by atoms with Crippen molar-refractivity contribution in [3.63, 3.8) is 0 Å². The van der Waals surface area contributed by atoms with Gasteiger partial charge in [0.2, 0.25) is 0 Å². The first kappa shape index (κ1) is 23.5. The number of amides is 1. The van der Waals surface area contributed by atoms with E-state index in [0.29, 0.717) is 15.6 Å². The second kappa shape index (κ2) is 10.1. The molecule has 4 N–H and O–H groups in total. The number of thiazole rings is 1. The van der Waals surface area contributed by atoms with Crippen molar-refractivity contribution < 1.29 is 9.90 Å². The van der Waals surface area contributed by atoms with Crippen molar-refractivity contribution in [3.8, 4) is 10.6 Å². The smallest absolute Gasteiger partial charge is 0.256 e. The fourth-order valence-corrected chi connectivity index (χ4v) is 4.89. The molecular formula is C24H30N6O2S. The van der Waals surface area contributed by atoms with Crippen LogP contribution in [-0.2, 0) is 6.54 Å². The monoisotopic (exact) mass is 466 g/mol. The molecule has 1 atom stereocenters. The average Bonchev–Trinajstić information content (AvgIpc) is 3.19. The number of rotatable bonds is 6. The van der Waals surface area contributed by atoms with E-state index in [2.05, 4.69) is 32.1 Å². The van der Waals surface area contributed by atoms with E-state index in [-0.39, 0.29) is 11.6 Å². The minimum Gasteiger partial charge on any atom is -0.373 e. The second-order valence-electron chi connectivity index (χ2n) is 8.55. The Labute approximate surface area is 198 Å². The van der Waals surface area contributed by atoms with Crippen molar-refractivity contribution in [2.75, 3.05) is 38.5 Å². The number of piperazine rings is 1. The zero-order valence-electron chi connectivity index (χ0n) is 19.2. The van der Waals surface area contributed by atoms with Crippen LogP contribution in [-0.4, -0.2) is 64.0 Å². The Kier molecular flexibility index (Phi) is 7.16. The van der Waals surface area contributed by atoms with Gasteiger partial charge in [-0.15, -0.1) is 0 Å². The molecule has 0 bridgehead atoms. The van der Waals surface area contributed by atoms with E-state index < -0.39 is 6.23 Å². The highest BCUT2D eigenvalue weighted by molar-refractivity contribution is 7.19. The van der Waals surface area contributed by atoms with Gasteiger partial charge in [0.1, 0.15) is 21.9 Å². The lowest BCUT2D eigenvalue weighted by atomic mass is 10.1. The van der Waals surface area contributed by atoms with E-state index in [1.54, 1.807) is 0 Å². The Bertz CT molecular complexity index is 1100. The Morgan fingerprint density at radius 3 is 2.36 bits per heavy atom. The van der Waals surface area contributed by atoms with Gasteiger partial charge in [-0.05, 0) is 50.7 Å². The number of pyridine rings is 1. The molecule has 3 heterocycles. The molecule has 1 fully saturated rings. The molecule has 0 saturated carbocycles. The van der Waals surface area contributed by atoms with Gasteiger partial charge in [-0.3, -0.25) is 14.7 Å². The molecule has 1 amide bonds. The number of carbonyl (C=O) groups excluding carboxylic acids is 1. The Morgan fingerprint density at radius 2 is 1.76 bits per heavy atom. The molecule has 2 aromatic heterocycles. The predicted octanol–water partition coefficient (Wildman–Crippen LogP) is 2.77. The number of nitrogens with one attached hydrogen (secondary N) is 1. The number of nitrogens with two attached hydrogens (primary N) is 1. The summed E-state index contributed by atoms with van der Waals surface area (Å²) in [5, 5.41) is 14.0. The van der Waals surface area contributed by atoms with Crippen LogP contribution in [0.2, 0.25) is 0 Å². The lowest BCUT2D eigenvalue weighted by Gasteiger charge is -2.32. The van der Waals surface area contributed by atoms with E-state index >= 15 is 0 Å². The summed E-state index contributed by atoms with van der Waals surface area (Å²) in [4.78, 5) is 26.5. The van der Waals surface area contributed by atoms with Crippen molar-refractivity contribution in [2.24, 2.45) is 5.73 Å². The summed E-state index contributed by atoms with van der Waals surface area (Å²) in [5.41, 5.74) is 10.3. The third-order valence-electron chi connectivity index (χ3n) is 5.71. The van der Waals surface area contributed by atoms with Gasteiger partial charge in [0, 0.05) is 55.2 Å². The summed E-state index contributed by atoms with van der Waals surface area (Å²) >= 11 is 1.29. The molecule has 1 aliphatic rings. The van der Waals surface area contributed by atoms with Gasteiger partial charge in [-0.25, -0.2) is 4.98 Å². The molecule has 9 heteroatoms. The maximum atomic E-state index is 12.9. The van der Waals surface area contributed by atoms with Crippen molar-refractivity contribution in [1.82, 2.24) is 19.8 Å². The molecule has 33 heavy (non-hydrogen) atoms. The highest BCUT2D eigenvalue weighted by atomic mass is 32.1. The largest absolute Gasteiger partial charge is 0.373 e. The Balaban J connectivity index is 1.48. The van der Waals surface area contributed by atoms with Gasteiger partial charge < -0.3 is 21.1 Å². The molecule has 4 rings (SSSR count). The summed E-state index contributed by atoms with van der Waals surface area (Å²) < 4.78 is 0. The fraction of sp³-hybridized carbons (Fsp3) is 0.375. The van der Waals surface area contributed by atoms with Gasteiger partial charge in [0.25, 0.3) is 5.91 Å². The first-order valence-corrected chi connectivity index (χ1v) is 11.8. The quantitative estimate of drug-likeness (QED) is 0.480. The zero-order valence-corrected chi connectivity index (χ0v) is 20.0. The molecule has 0 aliphatic carbocycles. The van der Waals surface area contributed by atoms with E-state index in [1.807, 2.05) is 50.2 Å². The minimum atomic E-state index is -1.29. The summed E-state index contributed by atoms with van der Waals surface area (Å²) in [6.45, 7) is 8.96. The maximum Gasteiger partial charge on any atom is 0.256 e. The van der Waals surface area contributed by atoms with Gasteiger partial charge in [0.05, 0.1) is 0 Å². The number of aliphatic hydroxyl groups excluding tert-OH is 1. The summed E-state index contributed by atoms with van der Waals surface area (Å²) in [6, 6.07) is 11.5. The number of hydrogen-bond donors (Lipinski definition) is 3. The standard InChI is InChI=1S/C24H30N6O2S/c1-15-12-19(13-16(2)26-15)23-27-20(21(25)31)24(33-23)28-22(32)18-6-4-17(5-7-18)14-30-10-8-29(3)9-11-30/h4-7,12-13,21,31H,8-11,14,25H2,1-3H3,(H,28,32). The van der Waals surface area contributed by atoms with E-state index in [9.17, 15) is 9.90 Å². The van der Waals surface area contributed by atoms with Crippen LogP contribution in [0.4, 0.5) is 5.00 Å². The number of aromatic nitrogens is 2. The van der Waals surface area contributed by atoms with Crippen molar-refractivity contribution >= 4 is 22.2 Å². The molecular weight excluding hydrogens is 436 g/mol. The Hall–Kier alpha value is -2.69. The molecule has 174 valence electrons. The SMILES string of the molecule is Cc1cc(-c2nc(C(N)O)c(NC(=O)c3ccc(CN4CCN(C)CC4)cc3)s2)cc(C)n1. The molecule has 8 nitrogen and oxygen atoms in total. The Morgan fingerprint density at radius 1 is 1.12 bits per heavy atom. The number of aliphatic hydroxyl groups is 1. The normalized spacial score (nSPS) is 16.0. The minimum absolute atomic E-state index is 0.252. The molecule has 0 spiro atoms. The van der Waals surface area contributed by atoms with Crippen molar-refractivity contribution in [2.45, 2.75) is 26.6 Å². The predicted molar refractivity (Wildman–Crippen MR) is 131 cm³/mol. The second-order valence-corrected chi connectivity index (χ2v) is 9.55. The third kappa shape index (κ3) is 5.82. The number of aryl methyl sites for hydroxylation is 2. The number of nitrogens with zero attached hydrogens (tertiary/aromatic N) is 4. The maximum absolute atomic E-state index is 12.9. The van der Waals surface area contributed by atoms with Gasteiger partial charge in [-0.1, -0.05) is 23.5 Å². The average molecular weight is 467 g/mol. The molecule has 1 unspecified atom stereocenters. The van der Waals surface area contributed by atoms with Crippen LogP contribution < -0.4 is 11.1 Å². The highest BCUT2D eigenvalue weighted by Gasteiger charge is 2.20. The molecule has 1 saturated heterocycles. The van der Waals surface area contributed by atoms with Gasteiger partial charge in [-0.2, -0.15) is 0 Å². The fourth-order valence-electron chi connectivity index (χ4n) is 3.90. The molecule has 1 aromatic carbocycles. The van der Waals surface area contributed by atoms with Crippen LogP contribution in [0.5, 0.6) is 0 Å². The van der Waals surface area contributed by atoms with Gasteiger partial charge in [0.15, 0.2) is 0 Å². The van der Waals surface area contributed by atoms with Gasteiger partial charge >= 0.3 is 0 Å². The summed E-state index contributed by atoms with van der Waals surface area (Å²) in [7, 11) is 2.14. The van der Waals surface area contributed by atoms with Crippen LogP contribution in [0, 0.1) is 13.8 Å². The summed E-state index contributed by atoms with van der Waals surface area (Å²) in [6.07, 6.45) is -1.29. The highest BCUT2D eigenvalue weighted by Crippen LogP contribution is 2.35. The number of likely N-dealkylation sites (N-methyl/N-ethyl adjacent to an activating group) is 1. The van der Waals surface area contributed by atoms with E-state index in [1.165, 1.54) is 16.9 Å². The van der Waals surface area contributed by atoms with Crippen molar-refractivity contribution in [3.05, 3.63) is 64.6 Å². The van der Waals surface area contributed by atoms with Crippen molar-refractivity contribution in [1.29, 1.82) is 0 Å². The summed E-state index contributed by atoms with van der Waals surface area (Å²) in [5.74, 6) is -0.264. The zero-order chi connectivity index (χ0) is 23.5. The lowest BCUT2D eigenvalue weighted by Crippen LogP contribution is -2.43. The topological polar surface area (TPSA) is 108 Å². The number of benzene rings is 1. The van der Waals surface area contributed by atoms with Crippen LogP contribution in [0.1, 0.15) is 39.2 Å². The van der Waals surface area contributed by atoms with Crippen LogP contribution >= 0.6 is 11.3 Å². The number of hydrogen-bond acceptors (Lipinski definition) is 8. The first-order valence-electron chi connectivity index (χ1n) is 11.0.